The summed E-state index contributed by atoms with van der Waals surface area (Å²) >= 11 is 24.3. The van der Waals surface area contributed by atoms with E-state index in [1.165, 1.54) is 6.07 Å². The van der Waals surface area contributed by atoms with E-state index < -0.39 is 11.4 Å². The summed E-state index contributed by atoms with van der Waals surface area (Å²) in [7, 11) is 0. The van der Waals surface area contributed by atoms with E-state index in [-0.39, 0.29) is 16.3 Å². The van der Waals surface area contributed by atoms with Gasteiger partial charge in [-0.2, -0.15) is 0 Å². The third-order valence-electron chi connectivity index (χ3n) is 4.43. The molecule has 2 aromatic carbocycles. The average Bonchev–Trinajstić information content (AvgIpc) is 2.62. The Morgan fingerprint density at radius 1 is 0.966 bits per heavy atom. The van der Waals surface area contributed by atoms with Crippen LogP contribution in [0.4, 0.5) is 0 Å². The first-order chi connectivity index (χ1) is 13.7. The summed E-state index contributed by atoms with van der Waals surface area (Å²) in [5.41, 5.74) is 1.27. The highest BCUT2D eigenvalue weighted by molar-refractivity contribution is 6.42. The first-order valence-electron chi connectivity index (χ1n) is 8.61. The van der Waals surface area contributed by atoms with Crippen molar-refractivity contribution in [3.63, 3.8) is 0 Å². The third kappa shape index (κ3) is 4.62. The van der Waals surface area contributed by atoms with Gasteiger partial charge in [-0.1, -0.05) is 52.5 Å². The quantitative estimate of drug-likeness (QED) is 0.466. The van der Waals surface area contributed by atoms with E-state index in [2.05, 4.69) is 0 Å². The lowest BCUT2D eigenvalue weighted by molar-refractivity contribution is 0.0695. The molecule has 0 spiro atoms. The molecule has 3 rings (SSSR count). The van der Waals surface area contributed by atoms with Gasteiger partial charge in [-0.05, 0) is 42.8 Å². The molecule has 0 fully saturated rings. The molecule has 1 aromatic heterocycles. The van der Waals surface area contributed by atoms with Gasteiger partial charge in [-0.3, -0.25) is 4.79 Å². The van der Waals surface area contributed by atoms with E-state index in [1.807, 2.05) is 6.92 Å². The number of carboxylic acids is 1. The van der Waals surface area contributed by atoms with Gasteiger partial charge < -0.3 is 9.67 Å². The van der Waals surface area contributed by atoms with Crippen molar-refractivity contribution in [2.45, 2.75) is 19.9 Å². The number of nitrogens with zero attached hydrogens (tertiary/aromatic N) is 1. The average molecular weight is 471 g/mol. The van der Waals surface area contributed by atoms with Crippen LogP contribution >= 0.6 is 46.4 Å². The monoisotopic (exact) mass is 469 g/mol. The number of aromatic nitrogens is 1. The fourth-order valence-corrected chi connectivity index (χ4v) is 4.15. The zero-order chi connectivity index (χ0) is 21.3. The molecule has 0 bridgehead atoms. The van der Waals surface area contributed by atoms with Crippen LogP contribution in [-0.2, 0) is 13.0 Å². The molecule has 0 amide bonds. The number of benzene rings is 2. The SMILES string of the molecule is CCn1c(Cc2cc(Cl)cc(Cl)c2)cc(=O)c(C(=O)O)c1-c1ccc(Cl)c(Cl)c1. The minimum atomic E-state index is -1.31. The second kappa shape index (κ2) is 8.80. The van der Waals surface area contributed by atoms with Crippen LogP contribution in [-0.4, -0.2) is 15.6 Å². The topological polar surface area (TPSA) is 59.3 Å². The van der Waals surface area contributed by atoms with E-state index in [0.717, 1.165) is 5.56 Å². The molecule has 8 heteroatoms. The zero-order valence-corrected chi connectivity index (χ0v) is 18.2. The normalized spacial score (nSPS) is 10.9. The van der Waals surface area contributed by atoms with Gasteiger partial charge in [0, 0.05) is 40.3 Å². The Kier molecular flexibility index (Phi) is 6.59. The Labute approximate surface area is 187 Å². The molecule has 150 valence electrons. The fraction of sp³-hybridized carbons (Fsp3) is 0.143. The van der Waals surface area contributed by atoms with E-state index in [9.17, 15) is 14.7 Å². The number of rotatable bonds is 5. The van der Waals surface area contributed by atoms with Crippen molar-refractivity contribution < 1.29 is 9.90 Å². The highest BCUT2D eigenvalue weighted by Crippen LogP contribution is 2.31. The maximum atomic E-state index is 12.7. The number of carboxylic acid groups (broad SMARTS) is 1. The summed E-state index contributed by atoms with van der Waals surface area (Å²) in [6, 6.07) is 11.2. The lowest BCUT2D eigenvalue weighted by atomic mass is 10.0. The molecule has 0 atom stereocenters. The molecule has 0 unspecified atom stereocenters. The van der Waals surface area contributed by atoms with Crippen molar-refractivity contribution in [3.8, 4) is 11.3 Å². The molecule has 4 nitrogen and oxygen atoms in total. The maximum absolute atomic E-state index is 12.7. The van der Waals surface area contributed by atoms with Gasteiger partial charge in [-0.25, -0.2) is 4.79 Å². The molecule has 0 aliphatic heterocycles. The van der Waals surface area contributed by atoms with Crippen molar-refractivity contribution in [2.24, 2.45) is 0 Å². The number of hydrogen-bond acceptors (Lipinski definition) is 2. The van der Waals surface area contributed by atoms with Crippen LogP contribution in [0.1, 0.15) is 28.5 Å². The van der Waals surface area contributed by atoms with Gasteiger partial charge in [0.05, 0.1) is 15.7 Å². The van der Waals surface area contributed by atoms with E-state index in [0.29, 0.717) is 39.3 Å². The lowest BCUT2D eigenvalue weighted by Gasteiger charge is -2.20. The van der Waals surface area contributed by atoms with Crippen LogP contribution in [0.25, 0.3) is 11.3 Å². The second-order valence-corrected chi connectivity index (χ2v) is 8.04. The number of halogens is 4. The Morgan fingerprint density at radius 2 is 1.62 bits per heavy atom. The van der Waals surface area contributed by atoms with Gasteiger partial charge in [0.15, 0.2) is 5.43 Å². The molecule has 0 saturated heterocycles. The van der Waals surface area contributed by atoms with Crippen molar-refractivity contribution in [1.82, 2.24) is 4.57 Å². The Bertz CT molecular complexity index is 1150. The lowest BCUT2D eigenvalue weighted by Crippen LogP contribution is -2.23. The smallest absolute Gasteiger partial charge is 0.341 e. The van der Waals surface area contributed by atoms with Crippen molar-refractivity contribution in [1.29, 1.82) is 0 Å². The van der Waals surface area contributed by atoms with Crippen molar-refractivity contribution in [2.75, 3.05) is 0 Å². The van der Waals surface area contributed by atoms with Gasteiger partial charge in [0.2, 0.25) is 0 Å². The molecule has 3 aromatic rings. The molecule has 1 heterocycles. The molecular formula is C21H15Cl4NO3. The molecular weight excluding hydrogens is 456 g/mol. The highest BCUT2D eigenvalue weighted by Gasteiger charge is 2.22. The zero-order valence-electron chi connectivity index (χ0n) is 15.2. The van der Waals surface area contributed by atoms with Crippen LogP contribution in [0.3, 0.4) is 0 Å². The Balaban J connectivity index is 2.28. The van der Waals surface area contributed by atoms with Crippen LogP contribution in [0.5, 0.6) is 0 Å². The van der Waals surface area contributed by atoms with Crippen molar-refractivity contribution >= 4 is 52.4 Å². The largest absolute Gasteiger partial charge is 0.477 e. The summed E-state index contributed by atoms with van der Waals surface area (Å²) < 4.78 is 1.78. The molecule has 0 radical (unpaired) electrons. The number of aromatic carboxylic acids is 1. The van der Waals surface area contributed by atoms with E-state index in [1.54, 1.807) is 41.0 Å². The number of hydrogen-bond donors (Lipinski definition) is 1. The minimum Gasteiger partial charge on any atom is -0.477 e. The number of pyridine rings is 1. The summed E-state index contributed by atoms with van der Waals surface area (Å²) in [6.07, 6.45) is 0.345. The van der Waals surface area contributed by atoms with Crippen LogP contribution in [0.15, 0.2) is 47.3 Å². The summed E-state index contributed by atoms with van der Waals surface area (Å²) in [6.45, 7) is 2.30. The van der Waals surface area contributed by atoms with Crippen LogP contribution in [0, 0.1) is 0 Å². The fourth-order valence-electron chi connectivity index (χ4n) is 3.28. The first kappa shape index (κ1) is 21.7. The highest BCUT2D eigenvalue weighted by atomic mass is 35.5. The summed E-state index contributed by atoms with van der Waals surface area (Å²) in [4.78, 5) is 24.6. The summed E-state index contributed by atoms with van der Waals surface area (Å²) in [5.74, 6) is -1.31. The predicted molar refractivity (Wildman–Crippen MR) is 118 cm³/mol. The second-order valence-electron chi connectivity index (χ2n) is 6.36. The maximum Gasteiger partial charge on any atom is 0.341 e. The first-order valence-corrected chi connectivity index (χ1v) is 10.1. The predicted octanol–water partition coefficient (Wildman–Crippen LogP) is 6.44. The number of carbonyl (C=O) groups is 1. The standard InChI is InChI=1S/C21H15Cl4NO3/c1-2-26-15(7-11-5-13(22)9-14(23)6-11)10-18(27)19(21(28)29)20(26)12-3-4-16(24)17(25)8-12/h3-6,8-10H,2,7H2,1H3,(H,28,29). The molecule has 29 heavy (non-hydrogen) atoms. The van der Waals surface area contributed by atoms with Crippen LogP contribution in [0.2, 0.25) is 20.1 Å². The summed E-state index contributed by atoms with van der Waals surface area (Å²) in [5, 5.41) is 11.3. The Hall–Kier alpha value is -1.98. The van der Waals surface area contributed by atoms with Gasteiger partial charge in [0.1, 0.15) is 5.56 Å². The van der Waals surface area contributed by atoms with Crippen molar-refractivity contribution in [3.05, 3.63) is 89.6 Å². The van der Waals surface area contributed by atoms with Gasteiger partial charge >= 0.3 is 5.97 Å². The van der Waals surface area contributed by atoms with E-state index >= 15 is 0 Å². The van der Waals surface area contributed by atoms with E-state index in [4.69, 9.17) is 46.4 Å². The molecule has 1 N–H and O–H groups in total. The molecule has 0 aliphatic carbocycles. The molecule has 0 aliphatic rings. The Morgan fingerprint density at radius 3 is 2.17 bits per heavy atom. The van der Waals surface area contributed by atoms with Gasteiger partial charge in [-0.15, -0.1) is 0 Å². The third-order valence-corrected chi connectivity index (χ3v) is 5.60. The van der Waals surface area contributed by atoms with Crippen LogP contribution < -0.4 is 5.43 Å². The minimum absolute atomic E-state index is 0.266. The molecule has 0 saturated carbocycles. The van der Waals surface area contributed by atoms with Gasteiger partial charge in [0.25, 0.3) is 0 Å².